The van der Waals surface area contributed by atoms with E-state index in [4.69, 9.17) is 4.98 Å². The molecule has 4 aromatic rings. The molecule has 0 aliphatic carbocycles. The molecule has 5 rings (SSSR count). The quantitative estimate of drug-likeness (QED) is 0.453. The average molecular weight is 428 g/mol. The lowest BCUT2D eigenvalue weighted by Gasteiger charge is -2.20. The highest BCUT2D eigenvalue weighted by Crippen LogP contribution is 2.23. The highest BCUT2D eigenvalue weighted by atomic mass is 15.2. The molecular weight excluding hydrogens is 398 g/mol. The van der Waals surface area contributed by atoms with E-state index in [2.05, 4.69) is 69.8 Å². The molecular formula is C25H29N7. The Balaban J connectivity index is 1.33. The van der Waals surface area contributed by atoms with E-state index in [-0.39, 0.29) is 6.04 Å². The molecule has 3 heterocycles. The van der Waals surface area contributed by atoms with Gasteiger partial charge in [0.15, 0.2) is 0 Å². The van der Waals surface area contributed by atoms with Crippen molar-refractivity contribution in [3.8, 4) is 5.82 Å². The molecule has 0 bridgehead atoms. The number of rotatable bonds is 7. The minimum absolute atomic E-state index is 0.110. The van der Waals surface area contributed by atoms with E-state index in [9.17, 15) is 0 Å². The summed E-state index contributed by atoms with van der Waals surface area (Å²) >= 11 is 0. The Morgan fingerprint density at radius 1 is 1.09 bits per heavy atom. The standard InChI is InChI=1S/C25H29N7/c1-18(19-7-4-3-5-8-19)29-25-26-13-12-24(30-25)32-17-28-22-15-20(10-11-23(22)32)27-16-21-9-6-14-31(21)2/h3-5,7-8,10-13,15,17-18,21,27H,6,9,14,16H2,1-2H3,(H,26,29,30). The number of aromatic nitrogens is 4. The first-order valence-electron chi connectivity index (χ1n) is 11.2. The topological polar surface area (TPSA) is 70.9 Å². The summed E-state index contributed by atoms with van der Waals surface area (Å²) in [7, 11) is 2.20. The zero-order chi connectivity index (χ0) is 21.9. The molecule has 0 spiro atoms. The number of imidazole rings is 1. The van der Waals surface area contributed by atoms with Gasteiger partial charge in [-0.25, -0.2) is 9.97 Å². The molecule has 32 heavy (non-hydrogen) atoms. The molecule has 1 aliphatic heterocycles. The predicted octanol–water partition coefficient (Wildman–Crippen LogP) is 4.49. The van der Waals surface area contributed by atoms with Crippen LogP contribution in [0.2, 0.25) is 0 Å². The van der Waals surface area contributed by atoms with Crippen LogP contribution >= 0.6 is 0 Å². The molecule has 2 aromatic heterocycles. The molecule has 1 saturated heterocycles. The molecule has 0 radical (unpaired) electrons. The summed E-state index contributed by atoms with van der Waals surface area (Å²) in [6, 6.07) is 19.2. The first kappa shape index (κ1) is 20.5. The van der Waals surface area contributed by atoms with Crippen molar-refractivity contribution >= 4 is 22.7 Å². The summed E-state index contributed by atoms with van der Waals surface area (Å²) in [4.78, 5) is 16.2. The molecule has 7 heteroatoms. The largest absolute Gasteiger partial charge is 0.383 e. The van der Waals surface area contributed by atoms with Gasteiger partial charge in [-0.05, 0) is 63.2 Å². The maximum atomic E-state index is 4.73. The maximum absolute atomic E-state index is 4.73. The zero-order valence-corrected chi connectivity index (χ0v) is 18.6. The van der Waals surface area contributed by atoms with Crippen LogP contribution in [0.25, 0.3) is 16.9 Å². The molecule has 0 amide bonds. The van der Waals surface area contributed by atoms with Crippen molar-refractivity contribution in [3.63, 3.8) is 0 Å². The smallest absolute Gasteiger partial charge is 0.225 e. The van der Waals surface area contributed by atoms with E-state index in [0.29, 0.717) is 12.0 Å². The number of fused-ring (bicyclic) bond motifs is 1. The van der Waals surface area contributed by atoms with E-state index in [1.54, 1.807) is 6.20 Å². The van der Waals surface area contributed by atoms with Crippen LogP contribution in [0, 0.1) is 0 Å². The van der Waals surface area contributed by atoms with E-state index in [1.807, 2.05) is 35.2 Å². The number of nitrogens with one attached hydrogen (secondary N) is 2. The van der Waals surface area contributed by atoms with Crippen LogP contribution in [0.3, 0.4) is 0 Å². The van der Waals surface area contributed by atoms with Crippen LogP contribution in [0.4, 0.5) is 11.6 Å². The third-order valence-corrected chi connectivity index (χ3v) is 6.29. The lowest BCUT2D eigenvalue weighted by molar-refractivity contribution is 0.322. The van der Waals surface area contributed by atoms with Crippen molar-refractivity contribution < 1.29 is 0 Å². The normalized spacial score (nSPS) is 17.5. The maximum Gasteiger partial charge on any atom is 0.225 e. The van der Waals surface area contributed by atoms with Gasteiger partial charge in [-0.3, -0.25) is 4.57 Å². The van der Waals surface area contributed by atoms with Crippen LogP contribution in [0.1, 0.15) is 31.4 Å². The van der Waals surface area contributed by atoms with Crippen LogP contribution in [0.5, 0.6) is 0 Å². The second kappa shape index (κ2) is 8.96. The Labute approximate surface area is 188 Å². The lowest BCUT2D eigenvalue weighted by Crippen LogP contribution is -2.31. The highest BCUT2D eigenvalue weighted by Gasteiger charge is 2.20. The number of hydrogen-bond donors (Lipinski definition) is 2. The van der Waals surface area contributed by atoms with Crippen LogP contribution in [0.15, 0.2) is 67.1 Å². The third kappa shape index (κ3) is 4.29. The van der Waals surface area contributed by atoms with Gasteiger partial charge in [0.05, 0.1) is 17.1 Å². The minimum atomic E-state index is 0.110. The van der Waals surface area contributed by atoms with Gasteiger partial charge in [0.1, 0.15) is 12.1 Å². The Kier molecular flexibility index (Phi) is 5.73. The fourth-order valence-corrected chi connectivity index (χ4v) is 4.35. The molecule has 7 nitrogen and oxygen atoms in total. The third-order valence-electron chi connectivity index (χ3n) is 6.29. The first-order chi connectivity index (χ1) is 15.7. The zero-order valence-electron chi connectivity index (χ0n) is 18.6. The number of hydrogen-bond acceptors (Lipinski definition) is 6. The van der Waals surface area contributed by atoms with Crippen molar-refractivity contribution in [3.05, 3.63) is 72.7 Å². The number of anilines is 2. The van der Waals surface area contributed by atoms with Gasteiger partial charge in [0.25, 0.3) is 0 Å². The SMILES string of the molecule is CC(Nc1nccc(-n2cnc3cc(NCC4CCCN4C)ccc32)n1)c1ccccc1. The van der Waals surface area contributed by atoms with Gasteiger partial charge < -0.3 is 15.5 Å². The monoisotopic (exact) mass is 427 g/mol. The highest BCUT2D eigenvalue weighted by molar-refractivity contribution is 5.81. The Bertz CT molecular complexity index is 1190. The molecule has 2 N–H and O–H groups in total. The first-order valence-corrected chi connectivity index (χ1v) is 11.2. The summed E-state index contributed by atoms with van der Waals surface area (Å²) in [6.45, 7) is 4.26. The summed E-state index contributed by atoms with van der Waals surface area (Å²) in [5.41, 5.74) is 4.26. The summed E-state index contributed by atoms with van der Waals surface area (Å²) in [6.07, 6.45) is 6.15. The molecule has 2 atom stereocenters. The van der Waals surface area contributed by atoms with Gasteiger partial charge in [-0.15, -0.1) is 0 Å². The van der Waals surface area contributed by atoms with Gasteiger partial charge in [-0.1, -0.05) is 30.3 Å². The van der Waals surface area contributed by atoms with Crippen molar-refractivity contribution in [2.24, 2.45) is 0 Å². The Hall–Kier alpha value is -3.45. The predicted molar refractivity (Wildman–Crippen MR) is 129 cm³/mol. The lowest BCUT2D eigenvalue weighted by atomic mass is 10.1. The molecule has 1 fully saturated rings. The molecule has 2 aromatic carbocycles. The van der Waals surface area contributed by atoms with E-state index in [1.165, 1.54) is 24.9 Å². The molecule has 1 aliphatic rings. The minimum Gasteiger partial charge on any atom is -0.383 e. The van der Waals surface area contributed by atoms with Crippen LogP contribution < -0.4 is 10.6 Å². The van der Waals surface area contributed by atoms with Crippen molar-refractivity contribution in [2.75, 3.05) is 30.8 Å². The van der Waals surface area contributed by atoms with E-state index >= 15 is 0 Å². The molecule has 2 unspecified atom stereocenters. The number of likely N-dealkylation sites (N-methyl/N-ethyl adjacent to an activating group) is 1. The second-order valence-corrected chi connectivity index (χ2v) is 8.49. The summed E-state index contributed by atoms with van der Waals surface area (Å²) in [5.74, 6) is 1.39. The Morgan fingerprint density at radius 3 is 2.78 bits per heavy atom. The van der Waals surface area contributed by atoms with Gasteiger partial charge in [0, 0.05) is 24.5 Å². The summed E-state index contributed by atoms with van der Waals surface area (Å²) < 4.78 is 2.00. The van der Waals surface area contributed by atoms with Crippen molar-refractivity contribution in [2.45, 2.75) is 31.8 Å². The van der Waals surface area contributed by atoms with Gasteiger partial charge >= 0.3 is 0 Å². The van der Waals surface area contributed by atoms with Gasteiger partial charge in [-0.2, -0.15) is 4.98 Å². The number of likely N-dealkylation sites (tertiary alicyclic amines) is 1. The second-order valence-electron chi connectivity index (χ2n) is 8.49. The Morgan fingerprint density at radius 2 is 1.97 bits per heavy atom. The van der Waals surface area contributed by atoms with Crippen LogP contribution in [-0.2, 0) is 0 Å². The van der Waals surface area contributed by atoms with Crippen molar-refractivity contribution in [1.82, 2.24) is 24.4 Å². The van der Waals surface area contributed by atoms with E-state index in [0.717, 1.165) is 29.1 Å². The van der Waals surface area contributed by atoms with Gasteiger partial charge in [0.2, 0.25) is 5.95 Å². The fourth-order valence-electron chi connectivity index (χ4n) is 4.35. The molecule has 0 saturated carbocycles. The van der Waals surface area contributed by atoms with Crippen LogP contribution in [-0.4, -0.2) is 50.6 Å². The average Bonchev–Trinajstić information content (AvgIpc) is 3.44. The van der Waals surface area contributed by atoms with E-state index < -0.39 is 0 Å². The summed E-state index contributed by atoms with van der Waals surface area (Å²) in [5, 5.41) is 6.97. The number of nitrogens with zero attached hydrogens (tertiary/aromatic N) is 5. The fraction of sp³-hybridized carbons (Fsp3) is 0.320. The molecule has 164 valence electrons. The number of benzene rings is 2. The van der Waals surface area contributed by atoms with Crippen molar-refractivity contribution in [1.29, 1.82) is 0 Å².